The molecule has 0 spiro atoms. The number of piperazine rings is 1. The number of anilines is 1. The molecular weight excluding hydrogens is 266 g/mol. The highest BCUT2D eigenvalue weighted by Crippen LogP contribution is 2.11. The second kappa shape index (κ2) is 5.39. The minimum Gasteiger partial charge on any atom is -0.478 e. The average Bonchev–Trinajstić information content (AvgIpc) is 2.37. The lowest BCUT2D eigenvalue weighted by molar-refractivity contribution is -0.134. The van der Waals surface area contributed by atoms with Crippen LogP contribution in [0, 0.1) is 0 Å². The molecule has 104 valence electrons. The highest BCUT2D eigenvalue weighted by molar-refractivity contribution is 6.04. The molecule has 1 aromatic carbocycles. The molecule has 8 heteroatoms. The van der Waals surface area contributed by atoms with E-state index in [1.807, 2.05) is 0 Å². The third-order valence-corrected chi connectivity index (χ3v) is 2.60. The van der Waals surface area contributed by atoms with Crippen molar-refractivity contribution in [3.63, 3.8) is 0 Å². The van der Waals surface area contributed by atoms with Crippen molar-refractivity contribution in [3.8, 4) is 0 Å². The van der Waals surface area contributed by atoms with Gasteiger partial charge in [-0.05, 0) is 18.2 Å². The van der Waals surface area contributed by atoms with Gasteiger partial charge in [0.25, 0.3) is 0 Å². The quantitative estimate of drug-likeness (QED) is 0.651. The summed E-state index contributed by atoms with van der Waals surface area (Å²) in [5.41, 5.74) is 0.295. The lowest BCUT2D eigenvalue weighted by atomic mass is 10.2. The zero-order valence-electron chi connectivity index (χ0n) is 10.3. The molecule has 1 aliphatic rings. The second-order valence-corrected chi connectivity index (χ2v) is 4.14. The number of rotatable bonds is 2. The van der Waals surface area contributed by atoms with Crippen LogP contribution in [0.15, 0.2) is 24.3 Å². The molecule has 4 amide bonds. The molecule has 1 saturated heterocycles. The van der Waals surface area contributed by atoms with Gasteiger partial charge in [0.2, 0.25) is 11.8 Å². The van der Waals surface area contributed by atoms with Crippen LogP contribution in [-0.2, 0) is 9.59 Å². The molecule has 1 heterocycles. The number of nitrogens with zero attached hydrogens (tertiary/aromatic N) is 1. The number of amides is 4. The van der Waals surface area contributed by atoms with Gasteiger partial charge in [0, 0.05) is 5.69 Å². The smallest absolute Gasteiger partial charge is 0.335 e. The molecule has 2 rings (SSSR count). The van der Waals surface area contributed by atoms with E-state index in [0.717, 1.165) is 4.90 Å². The summed E-state index contributed by atoms with van der Waals surface area (Å²) in [6.45, 7) is -0.452. The molecule has 0 aromatic heterocycles. The normalized spacial score (nSPS) is 14.7. The van der Waals surface area contributed by atoms with Gasteiger partial charge in [0.05, 0.1) is 5.56 Å². The zero-order valence-corrected chi connectivity index (χ0v) is 10.3. The van der Waals surface area contributed by atoms with E-state index in [-0.39, 0.29) is 24.3 Å². The lowest BCUT2D eigenvalue weighted by Crippen LogP contribution is -2.54. The third kappa shape index (κ3) is 3.10. The van der Waals surface area contributed by atoms with Gasteiger partial charge in [0.1, 0.15) is 13.1 Å². The summed E-state index contributed by atoms with van der Waals surface area (Å²) in [6, 6.07) is 5.02. The van der Waals surface area contributed by atoms with Crippen molar-refractivity contribution in [2.45, 2.75) is 0 Å². The summed E-state index contributed by atoms with van der Waals surface area (Å²) in [7, 11) is 0. The second-order valence-electron chi connectivity index (χ2n) is 4.14. The predicted octanol–water partition coefficient (Wildman–Crippen LogP) is -0.125. The summed E-state index contributed by atoms with van der Waals surface area (Å²) >= 11 is 0. The number of urea groups is 1. The van der Waals surface area contributed by atoms with Gasteiger partial charge in [-0.2, -0.15) is 0 Å². The van der Waals surface area contributed by atoms with Crippen LogP contribution in [0.1, 0.15) is 10.4 Å². The zero-order chi connectivity index (χ0) is 14.7. The highest BCUT2D eigenvalue weighted by Gasteiger charge is 2.26. The van der Waals surface area contributed by atoms with Gasteiger partial charge in [-0.15, -0.1) is 0 Å². The van der Waals surface area contributed by atoms with E-state index in [2.05, 4.69) is 10.6 Å². The van der Waals surface area contributed by atoms with Crippen molar-refractivity contribution < 1.29 is 24.3 Å². The van der Waals surface area contributed by atoms with E-state index in [1.165, 1.54) is 24.3 Å². The van der Waals surface area contributed by atoms with E-state index in [9.17, 15) is 19.2 Å². The SMILES string of the molecule is O=C1CN(C(=O)Nc2cccc(C(=O)O)c2)CC(=O)N1. The Kier molecular flexibility index (Phi) is 3.65. The Morgan fingerprint density at radius 3 is 2.45 bits per heavy atom. The van der Waals surface area contributed by atoms with Crippen LogP contribution in [0.25, 0.3) is 0 Å². The van der Waals surface area contributed by atoms with Crippen LogP contribution >= 0.6 is 0 Å². The molecule has 3 N–H and O–H groups in total. The largest absolute Gasteiger partial charge is 0.478 e. The number of nitrogens with one attached hydrogen (secondary N) is 2. The maximum Gasteiger partial charge on any atom is 0.335 e. The summed E-state index contributed by atoms with van der Waals surface area (Å²) in [5, 5.41) is 13.4. The van der Waals surface area contributed by atoms with Crippen molar-refractivity contribution in [1.29, 1.82) is 0 Å². The van der Waals surface area contributed by atoms with Crippen molar-refractivity contribution in [2.75, 3.05) is 18.4 Å². The standard InChI is InChI=1S/C12H11N3O5/c16-9-5-15(6-10(17)14-9)12(20)13-8-3-1-2-7(4-8)11(18)19/h1-4H,5-6H2,(H,13,20)(H,18,19)(H,14,16,17). The van der Waals surface area contributed by atoms with Gasteiger partial charge in [0.15, 0.2) is 0 Å². The molecule has 0 bridgehead atoms. The number of carboxylic acid groups (broad SMARTS) is 1. The minimum atomic E-state index is -1.12. The number of carboxylic acids is 1. The van der Waals surface area contributed by atoms with Crippen LogP contribution in [0.5, 0.6) is 0 Å². The number of carbonyl (C=O) groups excluding carboxylic acids is 3. The number of aromatic carboxylic acids is 1. The van der Waals surface area contributed by atoms with E-state index in [1.54, 1.807) is 0 Å². The summed E-state index contributed by atoms with van der Waals surface area (Å²) in [4.78, 5) is 46.0. The van der Waals surface area contributed by atoms with E-state index >= 15 is 0 Å². The van der Waals surface area contributed by atoms with Crippen LogP contribution in [-0.4, -0.2) is 46.9 Å². The first kappa shape index (κ1) is 13.5. The third-order valence-electron chi connectivity index (χ3n) is 2.60. The van der Waals surface area contributed by atoms with Crippen LogP contribution < -0.4 is 10.6 Å². The Hall–Kier alpha value is -2.90. The van der Waals surface area contributed by atoms with Gasteiger partial charge >= 0.3 is 12.0 Å². The van der Waals surface area contributed by atoms with E-state index < -0.39 is 23.8 Å². The van der Waals surface area contributed by atoms with Crippen molar-refractivity contribution in [3.05, 3.63) is 29.8 Å². The molecule has 20 heavy (non-hydrogen) atoms. The lowest BCUT2D eigenvalue weighted by Gasteiger charge is -2.25. The number of hydrogen-bond acceptors (Lipinski definition) is 4. The summed E-state index contributed by atoms with van der Waals surface area (Å²) in [6.07, 6.45) is 0. The van der Waals surface area contributed by atoms with Gasteiger partial charge in [-0.25, -0.2) is 9.59 Å². The predicted molar refractivity (Wildman–Crippen MR) is 67.1 cm³/mol. The molecule has 0 atom stereocenters. The van der Waals surface area contributed by atoms with Gasteiger partial charge < -0.3 is 15.3 Å². The fraction of sp³-hybridized carbons (Fsp3) is 0.167. The first-order chi connectivity index (χ1) is 9.45. The van der Waals surface area contributed by atoms with Gasteiger partial charge in [-0.3, -0.25) is 14.9 Å². The number of imide groups is 1. The minimum absolute atomic E-state index is 0.0234. The Morgan fingerprint density at radius 2 is 1.85 bits per heavy atom. The first-order valence-electron chi connectivity index (χ1n) is 5.67. The number of hydrogen-bond donors (Lipinski definition) is 3. The Morgan fingerprint density at radius 1 is 1.20 bits per heavy atom. The molecule has 1 aliphatic heterocycles. The van der Waals surface area contributed by atoms with E-state index in [0.29, 0.717) is 0 Å². The number of carbonyl (C=O) groups is 4. The fourth-order valence-corrected chi connectivity index (χ4v) is 1.71. The molecule has 0 saturated carbocycles. The Balaban J connectivity index is 2.07. The maximum absolute atomic E-state index is 11.9. The first-order valence-corrected chi connectivity index (χ1v) is 5.67. The summed E-state index contributed by atoms with van der Waals surface area (Å²) < 4.78 is 0. The van der Waals surface area contributed by atoms with Crippen LogP contribution in [0.2, 0.25) is 0 Å². The number of benzene rings is 1. The van der Waals surface area contributed by atoms with Crippen molar-refractivity contribution in [2.24, 2.45) is 0 Å². The Labute approximate surface area is 113 Å². The molecule has 0 aliphatic carbocycles. The Bertz CT molecular complexity index is 583. The van der Waals surface area contributed by atoms with Crippen molar-refractivity contribution in [1.82, 2.24) is 10.2 Å². The molecule has 0 radical (unpaired) electrons. The fourth-order valence-electron chi connectivity index (χ4n) is 1.71. The highest BCUT2D eigenvalue weighted by atomic mass is 16.4. The van der Waals surface area contributed by atoms with Crippen molar-refractivity contribution >= 4 is 29.5 Å². The maximum atomic E-state index is 11.9. The van der Waals surface area contributed by atoms with Gasteiger partial charge in [-0.1, -0.05) is 6.07 Å². The average molecular weight is 277 g/mol. The molecule has 1 fully saturated rings. The topological polar surface area (TPSA) is 116 Å². The summed E-state index contributed by atoms with van der Waals surface area (Å²) in [5.74, 6) is -2.24. The monoisotopic (exact) mass is 277 g/mol. The van der Waals surface area contributed by atoms with Crippen LogP contribution in [0.3, 0.4) is 0 Å². The molecule has 8 nitrogen and oxygen atoms in total. The molecule has 1 aromatic rings. The van der Waals surface area contributed by atoms with E-state index in [4.69, 9.17) is 5.11 Å². The molecular formula is C12H11N3O5. The molecule has 0 unspecified atom stereocenters. The van der Waals surface area contributed by atoms with Crippen LogP contribution in [0.4, 0.5) is 10.5 Å².